The van der Waals surface area contributed by atoms with Crippen molar-refractivity contribution in [2.24, 2.45) is 5.92 Å². The number of hydrogen-bond acceptors (Lipinski definition) is 7. The summed E-state index contributed by atoms with van der Waals surface area (Å²) in [5, 5.41) is 10.1. The average Bonchev–Trinajstić information content (AvgIpc) is 3.07. The number of aliphatic hydroxyl groups excluding tert-OH is 1. The van der Waals surface area contributed by atoms with Crippen LogP contribution in [0.5, 0.6) is 0 Å². The molecule has 0 saturated heterocycles. The summed E-state index contributed by atoms with van der Waals surface area (Å²) >= 11 is 0. The monoisotopic (exact) mass is 740 g/mol. The van der Waals surface area contributed by atoms with Crippen molar-refractivity contribution < 1.29 is 43.0 Å². The van der Waals surface area contributed by atoms with Crippen LogP contribution in [0.1, 0.15) is 168 Å². The minimum atomic E-state index is -4.79. The van der Waals surface area contributed by atoms with Crippen LogP contribution in [0.2, 0.25) is 0 Å². The molecule has 3 N–H and O–H groups in total. The third kappa shape index (κ3) is 39.0. The van der Waals surface area contributed by atoms with Crippen LogP contribution in [0.15, 0.2) is 48.6 Å². The lowest BCUT2D eigenvalue weighted by Gasteiger charge is -2.18. The van der Waals surface area contributed by atoms with Gasteiger partial charge in [-0.05, 0) is 50.9 Å². The first-order valence-electron chi connectivity index (χ1n) is 19.9. The molecule has 0 radical (unpaired) electrons. The Kier molecular flexibility index (Phi) is 33.6. The third-order valence-corrected chi connectivity index (χ3v) is 8.84. The summed E-state index contributed by atoms with van der Waals surface area (Å²) < 4.78 is 26.2. The maximum absolute atomic E-state index is 12.4. The van der Waals surface area contributed by atoms with Gasteiger partial charge in [0.1, 0.15) is 6.61 Å². The van der Waals surface area contributed by atoms with Gasteiger partial charge in [-0.1, -0.05) is 159 Å². The summed E-state index contributed by atoms with van der Waals surface area (Å²) in [6, 6.07) is 0. The van der Waals surface area contributed by atoms with E-state index >= 15 is 0 Å². The Morgan fingerprint density at radius 2 is 1.25 bits per heavy atom. The number of hydrogen-bond donors (Lipinski definition) is 3. The third-order valence-electron chi connectivity index (χ3n) is 8.36. The van der Waals surface area contributed by atoms with Gasteiger partial charge < -0.3 is 24.4 Å². The molecule has 0 aromatic carbocycles. The van der Waals surface area contributed by atoms with E-state index < -0.39 is 38.6 Å². The van der Waals surface area contributed by atoms with Crippen LogP contribution in [0.25, 0.3) is 0 Å². The van der Waals surface area contributed by atoms with Crippen LogP contribution in [-0.4, -0.2) is 52.3 Å². The number of ether oxygens (including phenoxy) is 2. The number of aliphatic hydroxyl groups is 1. The fourth-order valence-corrected chi connectivity index (χ4v) is 5.70. The number of phosphoric acid groups is 1. The van der Waals surface area contributed by atoms with E-state index in [-0.39, 0.29) is 19.4 Å². The molecule has 2 atom stereocenters. The SMILES string of the molecule is CCCCC/C=C\C/C=C\CC(O)/C=C\C=C\CCCC(=O)O[C@H](COC(=O)CCCCCCCCCCCCCCC(C)C)COP(=O)(O)O. The van der Waals surface area contributed by atoms with Crippen molar-refractivity contribution >= 4 is 19.8 Å². The quantitative estimate of drug-likeness (QED) is 0.0190. The van der Waals surface area contributed by atoms with Gasteiger partial charge in [-0.3, -0.25) is 14.1 Å². The fourth-order valence-electron chi connectivity index (χ4n) is 5.34. The zero-order valence-electron chi connectivity index (χ0n) is 32.3. The standard InChI is InChI=1S/C41H73O9P/c1-4-5-6-7-8-13-17-21-26-31-38(42)32-27-22-19-24-29-34-41(44)50-39(36-49-51(45,46)47)35-48-40(43)33-28-23-18-15-12-10-9-11-14-16-20-25-30-37(2)3/h8,13,19,21-22,26-27,32,37-39,42H,4-7,9-12,14-18,20,23-25,28-31,33-36H2,1-3H3,(H2,45,46,47)/b13-8-,22-19+,26-21-,32-27-/t38?,39-/m1/s1. The molecule has 0 fully saturated rings. The number of phosphoric ester groups is 1. The maximum atomic E-state index is 12.4. The van der Waals surface area contributed by atoms with E-state index in [9.17, 15) is 19.3 Å². The van der Waals surface area contributed by atoms with Gasteiger partial charge in [-0.25, -0.2) is 4.57 Å². The predicted molar refractivity (Wildman–Crippen MR) is 208 cm³/mol. The smallest absolute Gasteiger partial charge is 0.462 e. The van der Waals surface area contributed by atoms with Crippen LogP contribution in [-0.2, 0) is 28.2 Å². The van der Waals surface area contributed by atoms with E-state index in [1.807, 2.05) is 18.2 Å². The number of carbonyl (C=O) groups excluding carboxylic acids is 2. The van der Waals surface area contributed by atoms with E-state index in [4.69, 9.17) is 19.3 Å². The first-order valence-corrected chi connectivity index (χ1v) is 21.4. The molecule has 51 heavy (non-hydrogen) atoms. The molecule has 9 nitrogen and oxygen atoms in total. The number of allylic oxidation sites excluding steroid dienone is 6. The van der Waals surface area contributed by atoms with Gasteiger partial charge in [0.15, 0.2) is 6.10 Å². The molecule has 0 saturated carbocycles. The first kappa shape index (κ1) is 49.0. The molecular weight excluding hydrogens is 667 g/mol. The summed E-state index contributed by atoms with van der Waals surface area (Å²) in [6.45, 7) is 5.85. The summed E-state index contributed by atoms with van der Waals surface area (Å²) in [5.74, 6) is -0.204. The van der Waals surface area contributed by atoms with Gasteiger partial charge >= 0.3 is 19.8 Å². The van der Waals surface area contributed by atoms with E-state index in [2.05, 4.69) is 43.5 Å². The lowest BCUT2D eigenvalue weighted by molar-refractivity contribution is -0.161. The van der Waals surface area contributed by atoms with Crippen LogP contribution in [0.3, 0.4) is 0 Å². The van der Waals surface area contributed by atoms with Gasteiger partial charge in [-0.2, -0.15) is 0 Å². The maximum Gasteiger partial charge on any atom is 0.469 e. The van der Waals surface area contributed by atoms with Gasteiger partial charge in [0.2, 0.25) is 0 Å². The summed E-state index contributed by atoms with van der Waals surface area (Å²) in [4.78, 5) is 42.7. The van der Waals surface area contributed by atoms with Crippen molar-refractivity contribution in [3.8, 4) is 0 Å². The molecule has 0 aliphatic carbocycles. The highest BCUT2D eigenvalue weighted by molar-refractivity contribution is 7.46. The molecule has 0 spiro atoms. The molecule has 0 aromatic rings. The van der Waals surface area contributed by atoms with Crippen molar-refractivity contribution in [1.29, 1.82) is 0 Å². The van der Waals surface area contributed by atoms with E-state index in [0.29, 0.717) is 25.7 Å². The second kappa shape index (κ2) is 35.0. The highest BCUT2D eigenvalue weighted by Crippen LogP contribution is 2.36. The summed E-state index contributed by atoms with van der Waals surface area (Å²) in [5.41, 5.74) is 0. The second-order valence-corrected chi connectivity index (χ2v) is 15.2. The summed E-state index contributed by atoms with van der Waals surface area (Å²) in [7, 11) is -4.79. The lowest BCUT2D eigenvalue weighted by Crippen LogP contribution is -2.29. The van der Waals surface area contributed by atoms with Crippen molar-refractivity contribution in [3.63, 3.8) is 0 Å². The number of unbranched alkanes of at least 4 members (excludes halogenated alkanes) is 15. The van der Waals surface area contributed by atoms with Gasteiger partial charge in [0, 0.05) is 12.8 Å². The molecule has 0 aromatic heterocycles. The highest BCUT2D eigenvalue weighted by Gasteiger charge is 2.22. The van der Waals surface area contributed by atoms with Crippen molar-refractivity contribution in [3.05, 3.63) is 48.6 Å². The Labute approximate surface area is 310 Å². The molecule has 296 valence electrons. The molecule has 0 aliphatic rings. The highest BCUT2D eigenvalue weighted by atomic mass is 31.2. The van der Waals surface area contributed by atoms with Crippen molar-refractivity contribution in [2.75, 3.05) is 13.2 Å². The molecule has 0 rings (SSSR count). The largest absolute Gasteiger partial charge is 0.469 e. The number of rotatable bonds is 35. The Morgan fingerprint density at radius 3 is 1.88 bits per heavy atom. The molecule has 0 aliphatic heterocycles. The molecule has 10 heteroatoms. The van der Waals surface area contributed by atoms with Crippen molar-refractivity contribution in [2.45, 2.75) is 181 Å². The average molecular weight is 741 g/mol. The van der Waals surface area contributed by atoms with Crippen LogP contribution >= 0.6 is 7.82 Å². The Hall–Kier alpha value is -2.03. The van der Waals surface area contributed by atoms with Gasteiger partial charge in [-0.15, -0.1) is 0 Å². The topological polar surface area (TPSA) is 140 Å². The summed E-state index contributed by atoms with van der Waals surface area (Å²) in [6.07, 6.45) is 37.2. The number of carbonyl (C=O) groups is 2. The zero-order valence-corrected chi connectivity index (χ0v) is 33.2. The molecular formula is C41H73O9P. The zero-order chi connectivity index (χ0) is 37.8. The number of esters is 2. The predicted octanol–water partition coefficient (Wildman–Crippen LogP) is 10.8. The van der Waals surface area contributed by atoms with E-state index in [1.165, 1.54) is 77.0 Å². The normalized spacial score (nSPS) is 13.7. The second-order valence-electron chi connectivity index (χ2n) is 13.9. The Balaban J connectivity index is 4.14. The van der Waals surface area contributed by atoms with Crippen LogP contribution < -0.4 is 0 Å². The van der Waals surface area contributed by atoms with Crippen molar-refractivity contribution in [1.82, 2.24) is 0 Å². The van der Waals surface area contributed by atoms with E-state index in [0.717, 1.165) is 38.0 Å². The fraction of sp³-hybridized carbons (Fsp3) is 0.756. The lowest BCUT2D eigenvalue weighted by atomic mass is 10.0. The molecule has 1 unspecified atom stereocenters. The molecule has 0 bridgehead atoms. The van der Waals surface area contributed by atoms with Gasteiger partial charge in [0.25, 0.3) is 0 Å². The Bertz CT molecular complexity index is 999. The molecule has 0 amide bonds. The van der Waals surface area contributed by atoms with Gasteiger partial charge in [0.05, 0.1) is 12.7 Å². The van der Waals surface area contributed by atoms with Crippen LogP contribution in [0.4, 0.5) is 0 Å². The van der Waals surface area contributed by atoms with Crippen LogP contribution in [0, 0.1) is 5.92 Å². The first-order chi connectivity index (χ1) is 24.5. The Morgan fingerprint density at radius 1 is 0.667 bits per heavy atom. The minimum Gasteiger partial charge on any atom is -0.462 e. The van der Waals surface area contributed by atoms with E-state index in [1.54, 1.807) is 12.2 Å². The molecule has 0 heterocycles. The minimum absolute atomic E-state index is 0.0767.